The van der Waals surface area contributed by atoms with Gasteiger partial charge >= 0.3 is 24.0 Å². The minimum Gasteiger partial charge on any atom is -0.479 e. The fourth-order valence-electron chi connectivity index (χ4n) is 3.68. The van der Waals surface area contributed by atoms with Crippen molar-refractivity contribution in [3.63, 3.8) is 0 Å². The van der Waals surface area contributed by atoms with E-state index in [0.29, 0.717) is 16.1 Å². The molecule has 0 aliphatic carbocycles. The molecule has 3 aromatic carbocycles. The van der Waals surface area contributed by atoms with Crippen molar-refractivity contribution in [2.24, 2.45) is 11.8 Å². The number of rotatable bonds is 10. The quantitative estimate of drug-likeness (QED) is 0.0820. The van der Waals surface area contributed by atoms with Crippen molar-refractivity contribution in [2.45, 2.75) is 38.6 Å². The highest BCUT2D eigenvalue weighted by molar-refractivity contribution is 5.96. The molecular formula is C30H32N2O9. The van der Waals surface area contributed by atoms with Crippen LogP contribution in [0.1, 0.15) is 49.7 Å². The molecule has 3 aromatic rings. The highest BCUT2D eigenvalue weighted by Crippen LogP contribution is 2.28. The largest absolute Gasteiger partial charge is 0.479 e. The Kier molecular flexibility index (Phi) is 10.2. The Morgan fingerprint density at radius 1 is 0.805 bits per heavy atom. The number of amides is 1. The number of carboxylic acid groups (broad SMARTS) is 1. The van der Waals surface area contributed by atoms with Crippen LogP contribution in [0, 0.1) is 5.92 Å². The van der Waals surface area contributed by atoms with E-state index < -0.39 is 54.3 Å². The van der Waals surface area contributed by atoms with Gasteiger partial charge in [0.15, 0.2) is 18.1 Å². The number of hydrogen-bond donors (Lipinski definition) is 3. The van der Waals surface area contributed by atoms with Gasteiger partial charge in [-0.3, -0.25) is 9.59 Å². The van der Waals surface area contributed by atoms with Crippen molar-refractivity contribution in [2.75, 3.05) is 11.6 Å². The predicted octanol–water partition coefficient (Wildman–Crippen LogP) is 3.91. The van der Waals surface area contributed by atoms with Crippen molar-refractivity contribution >= 4 is 29.7 Å². The van der Waals surface area contributed by atoms with Gasteiger partial charge in [-0.05, 0) is 49.6 Å². The molecule has 0 saturated carbocycles. The van der Waals surface area contributed by atoms with Gasteiger partial charge in [-0.15, -0.1) is 0 Å². The Morgan fingerprint density at radius 3 is 1.78 bits per heavy atom. The maximum atomic E-state index is 13.4. The van der Waals surface area contributed by atoms with Gasteiger partial charge in [0.2, 0.25) is 0 Å². The number of benzene rings is 3. The molecule has 0 aromatic heterocycles. The van der Waals surface area contributed by atoms with Gasteiger partial charge < -0.3 is 24.4 Å². The molecule has 1 amide bonds. The highest BCUT2D eigenvalue weighted by atomic mass is 16.6. The number of aliphatic hydroxyl groups excluding tert-OH is 1. The molecule has 216 valence electrons. The summed E-state index contributed by atoms with van der Waals surface area (Å²) in [5.74, 6) is 0.849. The maximum absolute atomic E-state index is 13.4. The second-order valence-electron chi connectivity index (χ2n) is 10.0. The third-order valence-corrected chi connectivity index (χ3v) is 5.71. The maximum Gasteiger partial charge on any atom is 0.428 e. The van der Waals surface area contributed by atoms with E-state index in [0.717, 1.165) is 0 Å². The zero-order valence-electron chi connectivity index (χ0n) is 22.8. The molecule has 0 fully saturated rings. The molecule has 11 heteroatoms. The molecule has 0 bridgehead atoms. The molecule has 0 aliphatic rings. The smallest absolute Gasteiger partial charge is 0.428 e. The van der Waals surface area contributed by atoms with Crippen LogP contribution in [0.5, 0.6) is 0 Å². The Labute approximate surface area is 237 Å². The first kappa shape index (κ1) is 30.8. The van der Waals surface area contributed by atoms with Crippen LogP contribution in [-0.4, -0.2) is 46.4 Å². The van der Waals surface area contributed by atoms with Gasteiger partial charge in [-0.2, -0.15) is 0 Å². The second kappa shape index (κ2) is 13.6. The summed E-state index contributed by atoms with van der Waals surface area (Å²) in [6.07, 6.45) is -3.71. The van der Waals surface area contributed by atoms with Gasteiger partial charge in [-0.1, -0.05) is 72.8 Å². The number of ether oxygens (including phenoxy) is 3. The number of aliphatic hydroxyl groups is 1. The Morgan fingerprint density at radius 2 is 1.32 bits per heavy atom. The lowest BCUT2D eigenvalue weighted by Crippen LogP contribution is -2.42. The summed E-state index contributed by atoms with van der Waals surface area (Å²) in [7, 11) is 0. The molecular weight excluding hydrogens is 532 g/mol. The van der Waals surface area contributed by atoms with Crippen LogP contribution in [0.3, 0.4) is 0 Å². The first-order chi connectivity index (χ1) is 19.4. The van der Waals surface area contributed by atoms with Crippen LogP contribution in [0.4, 0.5) is 10.5 Å². The number of hydrogen-bond acceptors (Lipinski definition) is 9. The molecule has 3 rings (SSSR count). The molecule has 2 atom stereocenters. The monoisotopic (exact) mass is 564 g/mol. The summed E-state index contributed by atoms with van der Waals surface area (Å²) in [6.45, 7) is 4.15. The Bertz CT molecular complexity index is 1300. The van der Waals surface area contributed by atoms with Crippen molar-refractivity contribution in [3.05, 3.63) is 102 Å². The summed E-state index contributed by atoms with van der Waals surface area (Å²) in [4.78, 5) is 50.1. The third kappa shape index (κ3) is 8.62. The fourth-order valence-corrected chi connectivity index (χ4v) is 3.68. The van der Waals surface area contributed by atoms with E-state index in [1.165, 1.54) is 24.3 Å². The number of carbonyl (C=O) groups is 4. The summed E-state index contributed by atoms with van der Waals surface area (Å²) >= 11 is 0. The van der Waals surface area contributed by atoms with Gasteiger partial charge in [0.25, 0.3) is 0 Å². The fraction of sp³-hybridized carbons (Fsp3) is 0.267. The number of nitrogens with zero attached hydrogens (tertiary/aromatic N) is 1. The van der Waals surface area contributed by atoms with Crippen LogP contribution in [-0.2, 0) is 28.6 Å². The predicted molar refractivity (Wildman–Crippen MR) is 147 cm³/mol. The summed E-state index contributed by atoms with van der Waals surface area (Å²) in [5.41, 5.74) is 0.552. The second-order valence-corrected chi connectivity index (χ2v) is 10.0. The molecule has 0 unspecified atom stereocenters. The van der Waals surface area contributed by atoms with Crippen molar-refractivity contribution in [1.29, 1.82) is 0 Å². The minimum absolute atomic E-state index is 0.0714. The molecule has 0 saturated heterocycles. The number of carboxylic acids is 1. The average molecular weight is 565 g/mol. The molecule has 11 nitrogen and oxygen atoms in total. The number of esters is 2. The minimum atomic E-state index is -1.75. The molecule has 0 aliphatic heterocycles. The summed E-state index contributed by atoms with van der Waals surface area (Å²) < 4.78 is 16.4. The van der Waals surface area contributed by atoms with Crippen molar-refractivity contribution < 1.29 is 43.6 Å². The SMILES string of the molecule is CC(C)(C)OC(=O)[C@H](COC(=O)N(N)c1ccc([C@@H](O)C(=O)O)cc1)C(=O)OC(c1ccccc1)c1ccccc1. The lowest BCUT2D eigenvalue weighted by Gasteiger charge is -2.26. The first-order valence-electron chi connectivity index (χ1n) is 12.6. The molecule has 0 spiro atoms. The first-order valence-corrected chi connectivity index (χ1v) is 12.6. The Balaban J connectivity index is 1.79. The Hall–Kier alpha value is -4.74. The van der Waals surface area contributed by atoms with Gasteiger partial charge in [0, 0.05) is 0 Å². The molecule has 0 radical (unpaired) electrons. The lowest BCUT2D eigenvalue weighted by atomic mass is 10.0. The van der Waals surface area contributed by atoms with Gasteiger partial charge in [0.1, 0.15) is 12.2 Å². The number of nitrogens with two attached hydrogens (primary N) is 1. The number of hydrazine groups is 1. The van der Waals surface area contributed by atoms with Crippen LogP contribution in [0.15, 0.2) is 84.9 Å². The van der Waals surface area contributed by atoms with E-state index in [9.17, 15) is 24.3 Å². The zero-order chi connectivity index (χ0) is 30.2. The average Bonchev–Trinajstić information content (AvgIpc) is 2.95. The summed E-state index contributed by atoms with van der Waals surface area (Å²) in [5, 5.41) is 19.2. The standard InChI is InChI=1S/C30H32N2O9/c1-30(2,3)41-28(37)23(18-39-29(38)32(31)22-16-14-19(15-17-22)24(33)26(34)35)27(36)40-25(20-10-6-4-7-11-20)21-12-8-5-9-13-21/h4-17,23-25,33H,18,31H2,1-3H3,(H,34,35)/t23-,24-/m1/s1. The van der Waals surface area contributed by atoms with Crippen LogP contribution in [0.25, 0.3) is 0 Å². The normalized spacial score (nSPS) is 12.6. The zero-order valence-corrected chi connectivity index (χ0v) is 22.8. The lowest BCUT2D eigenvalue weighted by molar-refractivity contribution is -0.172. The van der Waals surface area contributed by atoms with E-state index in [2.05, 4.69) is 0 Å². The van der Waals surface area contributed by atoms with Crippen LogP contribution >= 0.6 is 0 Å². The van der Waals surface area contributed by atoms with E-state index in [1.54, 1.807) is 69.3 Å². The molecule has 0 heterocycles. The van der Waals surface area contributed by atoms with Crippen LogP contribution in [0.2, 0.25) is 0 Å². The third-order valence-electron chi connectivity index (χ3n) is 5.71. The van der Waals surface area contributed by atoms with E-state index in [4.69, 9.17) is 25.2 Å². The van der Waals surface area contributed by atoms with Crippen molar-refractivity contribution in [3.8, 4) is 0 Å². The van der Waals surface area contributed by atoms with E-state index in [1.807, 2.05) is 12.1 Å². The van der Waals surface area contributed by atoms with E-state index in [-0.39, 0.29) is 11.3 Å². The van der Waals surface area contributed by atoms with Gasteiger partial charge in [0.05, 0.1) is 5.69 Å². The molecule has 41 heavy (non-hydrogen) atoms. The number of anilines is 1. The van der Waals surface area contributed by atoms with Crippen molar-refractivity contribution in [1.82, 2.24) is 0 Å². The molecule has 4 N–H and O–H groups in total. The topological polar surface area (TPSA) is 166 Å². The summed E-state index contributed by atoms with van der Waals surface area (Å²) in [6, 6.07) is 23.0. The van der Waals surface area contributed by atoms with E-state index >= 15 is 0 Å². The number of aliphatic carboxylic acids is 1. The van der Waals surface area contributed by atoms with Gasteiger partial charge in [-0.25, -0.2) is 20.4 Å². The van der Waals surface area contributed by atoms with Crippen LogP contribution < -0.4 is 10.9 Å². The highest BCUT2D eigenvalue weighted by Gasteiger charge is 2.36. The number of carbonyl (C=O) groups excluding carboxylic acids is 3.